The van der Waals surface area contributed by atoms with Gasteiger partial charge in [0, 0.05) is 31.8 Å². The van der Waals surface area contributed by atoms with Gasteiger partial charge < -0.3 is 10.1 Å². The van der Waals surface area contributed by atoms with Gasteiger partial charge in [-0.2, -0.15) is 0 Å². The lowest BCUT2D eigenvalue weighted by Gasteiger charge is -2.37. The molecule has 0 saturated carbocycles. The predicted octanol–water partition coefficient (Wildman–Crippen LogP) is 2.65. The van der Waals surface area contributed by atoms with Crippen LogP contribution in [0.3, 0.4) is 0 Å². The van der Waals surface area contributed by atoms with Gasteiger partial charge in [-0.15, -0.1) is 0 Å². The molecule has 0 radical (unpaired) electrons. The van der Waals surface area contributed by atoms with Crippen molar-refractivity contribution in [3.63, 3.8) is 0 Å². The number of rotatable bonds is 8. The second-order valence-electron chi connectivity index (χ2n) is 5.66. The van der Waals surface area contributed by atoms with E-state index < -0.39 is 0 Å². The van der Waals surface area contributed by atoms with Crippen molar-refractivity contribution in [2.24, 2.45) is 0 Å². The summed E-state index contributed by atoms with van der Waals surface area (Å²) in [6, 6.07) is 1.26. The van der Waals surface area contributed by atoms with Gasteiger partial charge in [0.05, 0.1) is 6.10 Å². The SMILES string of the molecule is CCCC(C)NCC(C)N1CCCC(OCC)C1. The first kappa shape index (κ1) is 15.9. The zero-order chi connectivity index (χ0) is 13.4. The van der Waals surface area contributed by atoms with E-state index in [0.29, 0.717) is 18.2 Å². The minimum Gasteiger partial charge on any atom is -0.377 e. The molecule has 1 saturated heterocycles. The molecule has 1 fully saturated rings. The zero-order valence-electron chi connectivity index (χ0n) is 12.7. The molecule has 0 aromatic carbocycles. The van der Waals surface area contributed by atoms with E-state index in [1.54, 1.807) is 0 Å². The van der Waals surface area contributed by atoms with E-state index in [1.165, 1.54) is 32.2 Å². The normalized spacial score (nSPS) is 25.0. The fraction of sp³-hybridized carbons (Fsp3) is 1.00. The second kappa shape index (κ2) is 8.89. The summed E-state index contributed by atoms with van der Waals surface area (Å²) in [5.41, 5.74) is 0. The lowest BCUT2D eigenvalue weighted by Crippen LogP contribution is -2.49. The molecule has 0 bridgehead atoms. The van der Waals surface area contributed by atoms with Crippen LogP contribution in [0.2, 0.25) is 0 Å². The van der Waals surface area contributed by atoms with Crippen molar-refractivity contribution in [1.82, 2.24) is 10.2 Å². The molecule has 0 aliphatic carbocycles. The van der Waals surface area contributed by atoms with Crippen LogP contribution in [0.15, 0.2) is 0 Å². The summed E-state index contributed by atoms with van der Waals surface area (Å²) in [5, 5.41) is 3.64. The Morgan fingerprint density at radius 3 is 2.78 bits per heavy atom. The largest absolute Gasteiger partial charge is 0.377 e. The third-order valence-corrected chi connectivity index (χ3v) is 3.92. The number of nitrogens with zero attached hydrogens (tertiary/aromatic N) is 1. The molecule has 0 aromatic rings. The molecule has 0 spiro atoms. The molecule has 3 nitrogen and oxygen atoms in total. The summed E-state index contributed by atoms with van der Waals surface area (Å²) in [6.07, 6.45) is 5.50. The molecule has 1 N–H and O–H groups in total. The maximum atomic E-state index is 5.77. The van der Waals surface area contributed by atoms with E-state index in [0.717, 1.165) is 19.7 Å². The van der Waals surface area contributed by atoms with Gasteiger partial charge in [0.1, 0.15) is 0 Å². The number of ether oxygens (including phenoxy) is 1. The number of piperidine rings is 1. The van der Waals surface area contributed by atoms with E-state index in [1.807, 2.05) is 0 Å². The zero-order valence-corrected chi connectivity index (χ0v) is 12.7. The van der Waals surface area contributed by atoms with Gasteiger partial charge in [-0.1, -0.05) is 13.3 Å². The van der Waals surface area contributed by atoms with Gasteiger partial charge in [0.25, 0.3) is 0 Å². The van der Waals surface area contributed by atoms with Crippen LogP contribution in [0.4, 0.5) is 0 Å². The molecule has 1 heterocycles. The summed E-state index contributed by atoms with van der Waals surface area (Å²) in [6.45, 7) is 13.2. The van der Waals surface area contributed by atoms with E-state index in [4.69, 9.17) is 4.74 Å². The van der Waals surface area contributed by atoms with Crippen molar-refractivity contribution in [3.8, 4) is 0 Å². The van der Waals surface area contributed by atoms with Crippen molar-refractivity contribution < 1.29 is 4.74 Å². The predicted molar refractivity (Wildman–Crippen MR) is 78.1 cm³/mol. The highest BCUT2D eigenvalue weighted by Gasteiger charge is 2.23. The minimum absolute atomic E-state index is 0.458. The van der Waals surface area contributed by atoms with Gasteiger partial charge >= 0.3 is 0 Å². The van der Waals surface area contributed by atoms with Crippen LogP contribution < -0.4 is 5.32 Å². The first-order valence-electron chi connectivity index (χ1n) is 7.76. The molecule has 3 unspecified atom stereocenters. The Balaban J connectivity index is 2.25. The molecule has 18 heavy (non-hydrogen) atoms. The van der Waals surface area contributed by atoms with Crippen molar-refractivity contribution in [1.29, 1.82) is 0 Å². The smallest absolute Gasteiger partial charge is 0.0702 e. The third-order valence-electron chi connectivity index (χ3n) is 3.92. The highest BCUT2D eigenvalue weighted by atomic mass is 16.5. The van der Waals surface area contributed by atoms with Gasteiger partial charge in [-0.25, -0.2) is 0 Å². The molecule has 0 aromatic heterocycles. The van der Waals surface area contributed by atoms with E-state index in [9.17, 15) is 0 Å². The number of nitrogens with one attached hydrogen (secondary N) is 1. The monoisotopic (exact) mass is 256 g/mol. The molecular formula is C15H32N2O. The first-order valence-corrected chi connectivity index (χ1v) is 7.76. The maximum Gasteiger partial charge on any atom is 0.0702 e. The maximum absolute atomic E-state index is 5.77. The fourth-order valence-electron chi connectivity index (χ4n) is 2.77. The number of hydrogen-bond acceptors (Lipinski definition) is 3. The average Bonchev–Trinajstić information content (AvgIpc) is 2.37. The lowest BCUT2D eigenvalue weighted by atomic mass is 10.1. The van der Waals surface area contributed by atoms with Crippen LogP contribution in [0.1, 0.15) is 53.4 Å². The van der Waals surface area contributed by atoms with Crippen molar-refractivity contribution in [2.45, 2.75) is 71.6 Å². The molecular weight excluding hydrogens is 224 g/mol. The average molecular weight is 256 g/mol. The Kier molecular flexibility index (Phi) is 7.87. The molecule has 108 valence electrons. The third kappa shape index (κ3) is 5.68. The van der Waals surface area contributed by atoms with Gasteiger partial charge in [-0.3, -0.25) is 4.90 Å². The molecule has 1 rings (SSSR count). The Bertz CT molecular complexity index is 209. The van der Waals surface area contributed by atoms with E-state index in [-0.39, 0.29) is 0 Å². The molecule has 3 heteroatoms. The first-order chi connectivity index (χ1) is 8.67. The summed E-state index contributed by atoms with van der Waals surface area (Å²) in [7, 11) is 0. The summed E-state index contributed by atoms with van der Waals surface area (Å²) in [5.74, 6) is 0. The van der Waals surface area contributed by atoms with Crippen LogP contribution in [0, 0.1) is 0 Å². The minimum atomic E-state index is 0.458. The van der Waals surface area contributed by atoms with Crippen molar-refractivity contribution >= 4 is 0 Å². The highest BCUT2D eigenvalue weighted by Crippen LogP contribution is 2.15. The number of likely N-dealkylation sites (tertiary alicyclic amines) is 1. The van der Waals surface area contributed by atoms with Crippen LogP contribution >= 0.6 is 0 Å². The highest BCUT2D eigenvalue weighted by molar-refractivity contribution is 4.79. The van der Waals surface area contributed by atoms with Crippen LogP contribution in [0.25, 0.3) is 0 Å². The Morgan fingerprint density at radius 2 is 2.11 bits per heavy atom. The van der Waals surface area contributed by atoms with E-state index >= 15 is 0 Å². The molecule has 1 aliphatic heterocycles. The fourth-order valence-corrected chi connectivity index (χ4v) is 2.77. The quantitative estimate of drug-likeness (QED) is 0.722. The summed E-state index contributed by atoms with van der Waals surface area (Å²) < 4.78 is 5.77. The summed E-state index contributed by atoms with van der Waals surface area (Å²) >= 11 is 0. The molecule has 3 atom stereocenters. The topological polar surface area (TPSA) is 24.5 Å². The van der Waals surface area contributed by atoms with Gasteiger partial charge in [0.2, 0.25) is 0 Å². The Labute approximate surface area is 113 Å². The van der Waals surface area contributed by atoms with Crippen LogP contribution in [0.5, 0.6) is 0 Å². The van der Waals surface area contributed by atoms with Crippen LogP contribution in [-0.4, -0.2) is 49.3 Å². The molecule has 0 amide bonds. The van der Waals surface area contributed by atoms with Crippen LogP contribution in [-0.2, 0) is 4.74 Å². The van der Waals surface area contributed by atoms with E-state index in [2.05, 4.69) is 37.9 Å². The van der Waals surface area contributed by atoms with Gasteiger partial charge in [-0.05, 0) is 46.6 Å². The Hall–Kier alpha value is -0.120. The van der Waals surface area contributed by atoms with Crippen molar-refractivity contribution in [3.05, 3.63) is 0 Å². The molecule has 1 aliphatic rings. The second-order valence-corrected chi connectivity index (χ2v) is 5.66. The standard InChI is InChI=1S/C15H32N2O/c1-5-8-13(3)16-11-14(4)17-10-7-9-15(12-17)18-6-2/h13-16H,5-12H2,1-4H3. The lowest BCUT2D eigenvalue weighted by molar-refractivity contribution is -0.00510. The summed E-state index contributed by atoms with van der Waals surface area (Å²) in [4.78, 5) is 2.58. The number of hydrogen-bond donors (Lipinski definition) is 1. The van der Waals surface area contributed by atoms with Crippen molar-refractivity contribution in [2.75, 3.05) is 26.2 Å². The Morgan fingerprint density at radius 1 is 1.33 bits per heavy atom. The van der Waals surface area contributed by atoms with Gasteiger partial charge in [0.15, 0.2) is 0 Å².